The molecule has 2 nitrogen and oxygen atoms in total. The summed E-state index contributed by atoms with van der Waals surface area (Å²) in [5.74, 6) is 32.2. The molecule has 0 atom stereocenters. The topological polar surface area (TPSA) is 26.3 Å². The van der Waals surface area contributed by atoms with Crippen LogP contribution in [0, 0.1) is 71.0 Å². The van der Waals surface area contributed by atoms with E-state index in [0.29, 0.717) is 19.3 Å². The molecule has 0 aliphatic carbocycles. The Morgan fingerprint density at radius 1 is 0.548 bits per heavy atom. The minimum Gasteiger partial charge on any atom is -0.469 e. The first kappa shape index (κ1) is 27.8. The van der Waals surface area contributed by atoms with Gasteiger partial charge in [-0.15, -0.1) is 0 Å². The molecule has 0 aromatic carbocycles. The van der Waals surface area contributed by atoms with Crippen LogP contribution in [0.1, 0.15) is 96.8 Å². The van der Waals surface area contributed by atoms with Gasteiger partial charge in [0.2, 0.25) is 0 Å². The van der Waals surface area contributed by atoms with Gasteiger partial charge in [-0.25, -0.2) is 0 Å². The Morgan fingerprint density at radius 3 is 1.39 bits per heavy atom. The van der Waals surface area contributed by atoms with Crippen molar-refractivity contribution < 1.29 is 9.53 Å². The maximum atomic E-state index is 10.9. The lowest BCUT2D eigenvalue weighted by atomic mass is 10.1. The van der Waals surface area contributed by atoms with Gasteiger partial charge < -0.3 is 4.74 Å². The van der Waals surface area contributed by atoms with Gasteiger partial charge in [0.15, 0.2) is 0 Å². The van der Waals surface area contributed by atoms with Gasteiger partial charge in [0.1, 0.15) is 0 Å². The number of ether oxygens (including phenoxy) is 1. The molecular formula is C29H34O2. The minimum absolute atomic E-state index is 0.222. The highest BCUT2D eigenvalue weighted by molar-refractivity contribution is 5.69. The third-order valence-electron chi connectivity index (χ3n) is 4.30. The molecule has 0 saturated carbocycles. The molecule has 0 spiro atoms. The van der Waals surface area contributed by atoms with Crippen molar-refractivity contribution in [2.45, 2.75) is 96.8 Å². The van der Waals surface area contributed by atoms with Crippen LogP contribution in [0.4, 0.5) is 0 Å². The molecular weight excluding hydrogens is 380 g/mol. The number of unbranched alkanes of at least 4 members (excludes halogenated alkanes) is 11. The number of methoxy groups -OCH3 is 1. The maximum absolute atomic E-state index is 10.9. The van der Waals surface area contributed by atoms with Crippen LogP contribution in [0.3, 0.4) is 0 Å². The molecule has 162 valence electrons. The van der Waals surface area contributed by atoms with Gasteiger partial charge in [-0.1, -0.05) is 76.6 Å². The van der Waals surface area contributed by atoms with Crippen molar-refractivity contribution in [2.24, 2.45) is 0 Å². The van der Waals surface area contributed by atoms with E-state index in [1.54, 1.807) is 0 Å². The van der Waals surface area contributed by atoms with Crippen LogP contribution in [0.5, 0.6) is 0 Å². The number of rotatable bonds is 13. The smallest absolute Gasteiger partial charge is 0.305 e. The lowest BCUT2D eigenvalue weighted by Gasteiger charge is -2.00. The van der Waals surface area contributed by atoms with Gasteiger partial charge in [0.25, 0.3) is 0 Å². The molecule has 0 aliphatic heterocycles. The molecule has 0 radical (unpaired) electrons. The molecule has 0 unspecified atom stereocenters. The fourth-order valence-corrected chi connectivity index (χ4v) is 2.59. The first-order valence-corrected chi connectivity index (χ1v) is 11.3. The van der Waals surface area contributed by atoms with Gasteiger partial charge >= 0.3 is 5.97 Å². The zero-order valence-corrected chi connectivity index (χ0v) is 19.2. The third kappa shape index (κ3) is 24.8. The summed E-state index contributed by atoms with van der Waals surface area (Å²) in [6.45, 7) is 2.26. The molecule has 0 aliphatic rings. The number of esters is 1. The lowest BCUT2D eigenvalue weighted by Crippen LogP contribution is -1.98. The summed E-state index contributed by atoms with van der Waals surface area (Å²) in [6.07, 6.45) is 15.9. The molecule has 0 N–H and O–H groups in total. The Labute approximate surface area is 190 Å². The molecule has 0 fully saturated rings. The van der Waals surface area contributed by atoms with Gasteiger partial charge in [-0.05, 0) is 72.0 Å². The fourth-order valence-electron chi connectivity index (χ4n) is 2.59. The zero-order valence-electron chi connectivity index (χ0n) is 19.2. The van der Waals surface area contributed by atoms with Crippen LogP contribution in [-0.4, -0.2) is 13.1 Å². The number of carbonyl (C=O) groups is 1. The largest absolute Gasteiger partial charge is 0.469 e. The average Bonchev–Trinajstić information content (AvgIpc) is 2.78. The van der Waals surface area contributed by atoms with Crippen molar-refractivity contribution in [3.8, 4) is 71.0 Å². The van der Waals surface area contributed by atoms with Crippen molar-refractivity contribution >= 4 is 5.97 Å². The molecule has 2 heteroatoms. The van der Waals surface area contributed by atoms with E-state index < -0.39 is 0 Å². The fraction of sp³-hybridized carbons (Fsp3) is 0.552. The van der Waals surface area contributed by atoms with Gasteiger partial charge in [0.05, 0.1) is 7.11 Å². The van der Waals surface area contributed by atoms with Crippen LogP contribution in [0.2, 0.25) is 0 Å². The normalized spacial score (nSPS) is 8.06. The summed E-state index contributed by atoms with van der Waals surface area (Å²) in [5.41, 5.74) is 0. The van der Waals surface area contributed by atoms with Crippen LogP contribution >= 0.6 is 0 Å². The predicted molar refractivity (Wildman–Crippen MR) is 129 cm³/mol. The summed E-state index contributed by atoms with van der Waals surface area (Å²) < 4.78 is 4.54. The molecule has 0 saturated heterocycles. The van der Waals surface area contributed by atoms with E-state index in [9.17, 15) is 4.79 Å². The molecule has 0 bridgehead atoms. The van der Waals surface area contributed by atoms with Crippen molar-refractivity contribution in [3.05, 3.63) is 0 Å². The van der Waals surface area contributed by atoms with E-state index in [0.717, 1.165) is 12.8 Å². The van der Waals surface area contributed by atoms with Crippen molar-refractivity contribution in [1.82, 2.24) is 0 Å². The van der Waals surface area contributed by atoms with Crippen LogP contribution in [-0.2, 0) is 9.53 Å². The highest BCUT2D eigenvalue weighted by Crippen LogP contribution is 2.10. The van der Waals surface area contributed by atoms with E-state index in [2.05, 4.69) is 82.7 Å². The third-order valence-corrected chi connectivity index (χ3v) is 4.30. The molecule has 0 aromatic rings. The minimum atomic E-state index is -0.222. The van der Waals surface area contributed by atoms with E-state index in [4.69, 9.17) is 0 Å². The van der Waals surface area contributed by atoms with E-state index >= 15 is 0 Å². The first-order valence-electron chi connectivity index (χ1n) is 11.3. The van der Waals surface area contributed by atoms with E-state index in [-0.39, 0.29) is 5.97 Å². The number of hydrogen-bond acceptors (Lipinski definition) is 2. The number of hydrogen-bond donors (Lipinski definition) is 0. The van der Waals surface area contributed by atoms with Crippen LogP contribution in [0.25, 0.3) is 0 Å². The summed E-state index contributed by atoms with van der Waals surface area (Å²) in [4.78, 5) is 10.9. The van der Waals surface area contributed by atoms with Gasteiger partial charge in [-0.3, -0.25) is 4.79 Å². The standard InChI is InChI=1S/C29H34O2/c1-3-4-5-6-7-8-9-10-11-12-13-14-15-16-17-18-19-20-21-22-23-24-25-26-27-28-29(30)31-2/h3-13,26-28H2,1-2H3. The van der Waals surface area contributed by atoms with Crippen LogP contribution < -0.4 is 0 Å². The first-order chi connectivity index (χ1) is 15.3. The molecule has 0 aromatic heterocycles. The van der Waals surface area contributed by atoms with Gasteiger partial charge in [0, 0.05) is 19.3 Å². The highest BCUT2D eigenvalue weighted by atomic mass is 16.5. The summed E-state index contributed by atoms with van der Waals surface area (Å²) >= 11 is 0. The number of carbonyl (C=O) groups excluding carboxylic acids is 1. The second-order valence-electron chi connectivity index (χ2n) is 6.97. The zero-order chi connectivity index (χ0) is 22.7. The second kappa shape index (κ2) is 24.9. The summed E-state index contributed by atoms with van der Waals surface area (Å²) in [5, 5.41) is 0. The predicted octanol–water partition coefficient (Wildman–Crippen LogP) is 5.66. The Balaban J connectivity index is 3.74. The summed E-state index contributed by atoms with van der Waals surface area (Å²) in [6, 6.07) is 0. The Bertz CT molecular complexity index is 855. The SMILES string of the molecule is CCCCCCCCCCCCC#CC#CC#CC#CC#CC#CCCCC(=O)OC. The average molecular weight is 415 g/mol. The quantitative estimate of drug-likeness (QED) is 0.221. The van der Waals surface area contributed by atoms with Crippen molar-refractivity contribution in [3.63, 3.8) is 0 Å². The molecule has 0 heterocycles. The second-order valence-corrected chi connectivity index (χ2v) is 6.97. The van der Waals surface area contributed by atoms with E-state index in [1.165, 1.54) is 64.9 Å². The Hall–Kier alpha value is -3.17. The molecule has 0 rings (SSSR count). The van der Waals surface area contributed by atoms with Crippen molar-refractivity contribution in [2.75, 3.05) is 7.11 Å². The monoisotopic (exact) mass is 414 g/mol. The van der Waals surface area contributed by atoms with E-state index in [1.807, 2.05) is 0 Å². The maximum Gasteiger partial charge on any atom is 0.305 e. The van der Waals surface area contributed by atoms with Crippen LogP contribution in [0.15, 0.2) is 0 Å². The lowest BCUT2D eigenvalue weighted by molar-refractivity contribution is -0.140. The highest BCUT2D eigenvalue weighted by Gasteiger charge is 1.96. The van der Waals surface area contributed by atoms with Crippen molar-refractivity contribution in [1.29, 1.82) is 0 Å². The molecule has 0 amide bonds. The Morgan fingerprint density at radius 2 is 0.935 bits per heavy atom. The Kier molecular flexibility index (Phi) is 22.3. The van der Waals surface area contributed by atoms with Gasteiger partial charge in [-0.2, -0.15) is 0 Å². The molecule has 31 heavy (non-hydrogen) atoms. The summed E-state index contributed by atoms with van der Waals surface area (Å²) in [7, 11) is 1.37.